The maximum atomic E-state index is 12.4. The van der Waals surface area contributed by atoms with Gasteiger partial charge in [-0.1, -0.05) is 25.7 Å². The molecule has 1 amide bonds. The summed E-state index contributed by atoms with van der Waals surface area (Å²) in [4.78, 5) is 22.2. The van der Waals surface area contributed by atoms with E-state index in [1.807, 2.05) is 4.90 Å². The van der Waals surface area contributed by atoms with E-state index in [0.29, 0.717) is 5.41 Å². The van der Waals surface area contributed by atoms with Gasteiger partial charge < -0.3 is 10.6 Å². The molecule has 118 valence electrons. The first-order valence-corrected chi connectivity index (χ1v) is 8.21. The van der Waals surface area contributed by atoms with Crippen LogP contribution in [0, 0.1) is 5.41 Å². The second-order valence-corrected chi connectivity index (χ2v) is 6.63. The first-order valence-electron chi connectivity index (χ1n) is 8.21. The minimum absolute atomic E-state index is 0.0953. The summed E-state index contributed by atoms with van der Waals surface area (Å²) in [5.41, 5.74) is 6.64. The Balaban J connectivity index is 1.60. The van der Waals surface area contributed by atoms with Gasteiger partial charge >= 0.3 is 0 Å². The minimum Gasteiger partial charge on any atom is -0.368 e. The van der Waals surface area contributed by atoms with Crippen molar-refractivity contribution in [1.29, 1.82) is 0 Å². The molecule has 2 aliphatic rings. The van der Waals surface area contributed by atoms with E-state index in [4.69, 9.17) is 5.73 Å². The summed E-state index contributed by atoms with van der Waals surface area (Å²) in [5, 5.41) is 0. The van der Waals surface area contributed by atoms with Crippen LogP contribution in [0.5, 0.6) is 0 Å². The van der Waals surface area contributed by atoms with E-state index in [2.05, 4.69) is 9.97 Å². The number of likely N-dealkylation sites (tertiary alicyclic amines) is 1. The summed E-state index contributed by atoms with van der Waals surface area (Å²) in [5.74, 6) is 0.344. The fourth-order valence-electron chi connectivity index (χ4n) is 3.72. The van der Waals surface area contributed by atoms with E-state index in [1.54, 1.807) is 24.5 Å². The monoisotopic (exact) mass is 300 g/mol. The van der Waals surface area contributed by atoms with Gasteiger partial charge in [-0.05, 0) is 30.8 Å². The van der Waals surface area contributed by atoms with Gasteiger partial charge in [0.2, 0.25) is 11.9 Å². The normalized spacial score (nSPS) is 21.4. The highest BCUT2D eigenvalue weighted by atomic mass is 16.2. The fraction of sp³-hybridized carbons (Fsp3) is 0.588. The Morgan fingerprint density at radius 2 is 1.82 bits per heavy atom. The number of carbonyl (C=O) groups excluding carboxylic acids is 1. The Bertz CT molecular complexity index is 544. The van der Waals surface area contributed by atoms with Gasteiger partial charge in [-0.2, -0.15) is 0 Å². The van der Waals surface area contributed by atoms with Crippen molar-refractivity contribution >= 4 is 17.9 Å². The molecule has 1 aliphatic heterocycles. The Hall–Kier alpha value is -1.91. The molecule has 1 aliphatic carbocycles. The second-order valence-electron chi connectivity index (χ2n) is 6.63. The number of hydrogen-bond acceptors (Lipinski definition) is 4. The molecule has 1 aromatic heterocycles. The number of anilines is 1. The third-order valence-electron chi connectivity index (χ3n) is 5.02. The van der Waals surface area contributed by atoms with Crippen molar-refractivity contribution in [3.63, 3.8) is 0 Å². The molecule has 5 heteroatoms. The highest BCUT2D eigenvalue weighted by Crippen LogP contribution is 2.42. The molecule has 0 bridgehead atoms. The molecule has 1 aromatic rings. The van der Waals surface area contributed by atoms with Crippen LogP contribution in [0.4, 0.5) is 5.95 Å². The van der Waals surface area contributed by atoms with Crippen LogP contribution in [-0.2, 0) is 4.79 Å². The smallest absolute Gasteiger partial charge is 0.246 e. The van der Waals surface area contributed by atoms with Crippen molar-refractivity contribution in [2.75, 3.05) is 18.8 Å². The summed E-state index contributed by atoms with van der Waals surface area (Å²) in [6.45, 7) is 1.82. The summed E-state index contributed by atoms with van der Waals surface area (Å²) in [6, 6.07) is 0. The first kappa shape index (κ1) is 15.0. The Morgan fingerprint density at radius 3 is 2.50 bits per heavy atom. The lowest BCUT2D eigenvalue weighted by atomic mass is 9.80. The van der Waals surface area contributed by atoms with Crippen molar-refractivity contribution in [2.24, 2.45) is 5.41 Å². The lowest BCUT2D eigenvalue weighted by molar-refractivity contribution is -0.125. The van der Waals surface area contributed by atoms with Gasteiger partial charge in [-0.3, -0.25) is 4.79 Å². The van der Waals surface area contributed by atoms with E-state index in [0.717, 1.165) is 25.1 Å². The summed E-state index contributed by atoms with van der Waals surface area (Å²) >= 11 is 0. The Morgan fingerprint density at radius 1 is 1.14 bits per heavy atom. The number of rotatable bonds is 2. The van der Waals surface area contributed by atoms with Gasteiger partial charge in [0.25, 0.3) is 0 Å². The number of aromatic nitrogens is 2. The number of nitrogens with two attached hydrogens (primary N) is 1. The largest absolute Gasteiger partial charge is 0.368 e. The zero-order valence-electron chi connectivity index (χ0n) is 13.0. The summed E-state index contributed by atoms with van der Waals surface area (Å²) in [6.07, 6.45) is 15.7. The third-order valence-corrected chi connectivity index (χ3v) is 5.02. The molecular formula is C17H24N4O. The lowest BCUT2D eigenvalue weighted by Gasteiger charge is -2.27. The van der Waals surface area contributed by atoms with Crippen LogP contribution < -0.4 is 5.73 Å². The molecule has 1 saturated carbocycles. The average molecular weight is 300 g/mol. The maximum Gasteiger partial charge on any atom is 0.246 e. The quantitative estimate of drug-likeness (QED) is 0.852. The predicted molar refractivity (Wildman–Crippen MR) is 86.8 cm³/mol. The zero-order valence-corrected chi connectivity index (χ0v) is 13.0. The Labute approximate surface area is 131 Å². The number of carbonyl (C=O) groups is 1. The molecule has 1 spiro atoms. The highest BCUT2D eigenvalue weighted by molar-refractivity contribution is 5.91. The molecule has 3 rings (SSSR count). The van der Waals surface area contributed by atoms with Crippen LogP contribution in [0.2, 0.25) is 0 Å². The molecule has 0 unspecified atom stereocenters. The zero-order chi connectivity index (χ0) is 15.4. The molecule has 0 radical (unpaired) electrons. The van der Waals surface area contributed by atoms with Crippen LogP contribution in [0.1, 0.15) is 50.5 Å². The SMILES string of the molecule is Nc1ncc(C=CC(=O)N2CCC3(CCCCCC3)C2)cn1. The van der Waals surface area contributed by atoms with Gasteiger partial charge in [-0.25, -0.2) is 9.97 Å². The lowest BCUT2D eigenvalue weighted by Crippen LogP contribution is -2.30. The van der Waals surface area contributed by atoms with Crippen LogP contribution in [0.25, 0.3) is 6.08 Å². The molecule has 0 atom stereocenters. The molecule has 5 nitrogen and oxygen atoms in total. The topological polar surface area (TPSA) is 72.1 Å². The number of amides is 1. The van der Waals surface area contributed by atoms with Crippen LogP contribution in [0.15, 0.2) is 18.5 Å². The number of hydrogen-bond donors (Lipinski definition) is 1. The van der Waals surface area contributed by atoms with Crippen molar-refractivity contribution in [1.82, 2.24) is 14.9 Å². The van der Waals surface area contributed by atoms with E-state index in [-0.39, 0.29) is 11.9 Å². The van der Waals surface area contributed by atoms with E-state index < -0.39 is 0 Å². The molecule has 1 saturated heterocycles. The second kappa shape index (κ2) is 6.46. The van der Waals surface area contributed by atoms with Gasteiger partial charge in [-0.15, -0.1) is 0 Å². The number of nitrogens with zero attached hydrogens (tertiary/aromatic N) is 3. The molecular weight excluding hydrogens is 276 g/mol. The van der Waals surface area contributed by atoms with Crippen LogP contribution in [0.3, 0.4) is 0 Å². The maximum absolute atomic E-state index is 12.4. The number of nitrogen functional groups attached to an aromatic ring is 1. The standard InChI is InChI=1S/C17H24N4O/c18-16-19-11-14(12-20-16)5-6-15(22)21-10-9-17(13-21)7-3-1-2-4-8-17/h5-6,11-12H,1-4,7-10,13H2,(H2,18,19,20). The van der Waals surface area contributed by atoms with Gasteiger partial charge in [0.1, 0.15) is 0 Å². The van der Waals surface area contributed by atoms with Crippen LogP contribution >= 0.6 is 0 Å². The summed E-state index contributed by atoms with van der Waals surface area (Å²) < 4.78 is 0. The van der Waals surface area contributed by atoms with Gasteiger partial charge in [0.15, 0.2) is 0 Å². The predicted octanol–water partition coefficient (Wildman–Crippen LogP) is 2.64. The van der Waals surface area contributed by atoms with Crippen molar-refractivity contribution in [2.45, 2.75) is 44.9 Å². The highest BCUT2D eigenvalue weighted by Gasteiger charge is 2.39. The molecule has 2 N–H and O–H groups in total. The minimum atomic E-state index is 0.0953. The molecule has 0 aromatic carbocycles. The van der Waals surface area contributed by atoms with Gasteiger partial charge in [0.05, 0.1) is 0 Å². The van der Waals surface area contributed by atoms with E-state index >= 15 is 0 Å². The van der Waals surface area contributed by atoms with Crippen molar-refractivity contribution in [3.8, 4) is 0 Å². The van der Waals surface area contributed by atoms with Gasteiger partial charge in [0, 0.05) is 37.1 Å². The van der Waals surface area contributed by atoms with Crippen molar-refractivity contribution in [3.05, 3.63) is 24.0 Å². The molecule has 2 fully saturated rings. The van der Waals surface area contributed by atoms with E-state index in [9.17, 15) is 4.79 Å². The van der Waals surface area contributed by atoms with Crippen molar-refractivity contribution < 1.29 is 4.79 Å². The Kier molecular flexibility index (Phi) is 4.41. The first-order chi connectivity index (χ1) is 10.7. The van der Waals surface area contributed by atoms with E-state index in [1.165, 1.54) is 38.5 Å². The van der Waals surface area contributed by atoms with Crippen LogP contribution in [-0.4, -0.2) is 33.9 Å². The molecule has 2 heterocycles. The average Bonchev–Trinajstić information content (AvgIpc) is 2.80. The molecule has 22 heavy (non-hydrogen) atoms. The third kappa shape index (κ3) is 3.46. The summed E-state index contributed by atoms with van der Waals surface area (Å²) in [7, 11) is 0. The fourth-order valence-corrected chi connectivity index (χ4v) is 3.72.